The fourth-order valence-electron chi connectivity index (χ4n) is 3.40. The monoisotopic (exact) mass is 442 g/mol. The average Bonchev–Trinajstić information content (AvgIpc) is 2.83. The lowest BCUT2D eigenvalue weighted by atomic mass is 10.1. The van der Waals surface area contributed by atoms with Gasteiger partial charge >= 0.3 is 0 Å². The summed E-state index contributed by atoms with van der Waals surface area (Å²) in [6.07, 6.45) is 1.45. The van der Waals surface area contributed by atoms with Crippen molar-refractivity contribution < 1.29 is 24.5 Å². The second-order valence-electron chi connectivity index (χ2n) is 7.24. The number of ether oxygens (including phenoxy) is 2. The smallest absolute Gasteiger partial charge is 0.275 e. The zero-order valence-corrected chi connectivity index (χ0v) is 17.9. The van der Waals surface area contributed by atoms with Crippen LogP contribution < -0.4 is 14.9 Å². The van der Waals surface area contributed by atoms with Crippen LogP contribution in [0.25, 0.3) is 10.8 Å². The van der Waals surface area contributed by atoms with Gasteiger partial charge in [0.15, 0.2) is 11.5 Å². The summed E-state index contributed by atoms with van der Waals surface area (Å²) in [6, 6.07) is 23.2. The van der Waals surface area contributed by atoms with Crippen molar-refractivity contribution in [1.29, 1.82) is 0 Å². The van der Waals surface area contributed by atoms with E-state index < -0.39 is 5.91 Å². The number of hydrogen-bond donors (Lipinski definition) is 3. The molecule has 0 radical (unpaired) electrons. The Kier molecular flexibility index (Phi) is 6.40. The molecule has 7 nitrogen and oxygen atoms in total. The summed E-state index contributed by atoms with van der Waals surface area (Å²) in [7, 11) is 1.55. The number of methoxy groups -OCH3 is 1. The Bertz CT molecular complexity index is 1330. The fourth-order valence-corrected chi connectivity index (χ4v) is 3.40. The van der Waals surface area contributed by atoms with Gasteiger partial charge in [0.05, 0.1) is 18.9 Å². The molecule has 3 N–H and O–H groups in total. The van der Waals surface area contributed by atoms with Crippen LogP contribution in [-0.4, -0.2) is 29.4 Å². The van der Waals surface area contributed by atoms with Crippen LogP contribution >= 0.6 is 0 Å². The number of carbonyl (C=O) groups is 1. The molecule has 0 aliphatic heterocycles. The molecular weight excluding hydrogens is 420 g/mol. The molecule has 33 heavy (non-hydrogen) atoms. The number of fused-ring (bicyclic) bond motifs is 1. The van der Waals surface area contributed by atoms with Gasteiger partial charge in [-0.05, 0) is 52.2 Å². The van der Waals surface area contributed by atoms with E-state index in [-0.39, 0.29) is 17.1 Å². The van der Waals surface area contributed by atoms with Crippen molar-refractivity contribution >= 4 is 22.9 Å². The van der Waals surface area contributed by atoms with E-state index in [0.717, 1.165) is 22.4 Å². The maximum absolute atomic E-state index is 12.1. The van der Waals surface area contributed by atoms with E-state index in [9.17, 15) is 15.0 Å². The second kappa shape index (κ2) is 9.74. The lowest BCUT2D eigenvalue weighted by Gasteiger charge is -2.12. The Morgan fingerprint density at radius 3 is 2.61 bits per heavy atom. The minimum atomic E-state index is -0.606. The molecule has 0 saturated heterocycles. The zero-order chi connectivity index (χ0) is 23.2. The second-order valence-corrected chi connectivity index (χ2v) is 7.24. The highest BCUT2D eigenvalue weighted by Crippen LogP contribution is 2.29. The molecule has 0 atom stereocenters. The van der Waals surface area contributed by atoms with E-state index >= 15 is 0 Å². The summed E-state index contributed by atoms with van der Waals surface area (Å²) in [5.41, 5.74) is 4.09. The van der Waals surface area contributed by atoms with Crippen molar-refractivity contribution in [1.82, 2.24) is 5.43 Å². The van der Waals surface area contributed by atoms with Gasteiger partial charge < -0.3 is 19.7 Å². The van der Waals surface area contributed by atoms with Crippen LogP contribution in [0.15, 0.2) is 84.0 Å². The van der Waals surface area contributed by atoms with Gasteiger partial charge in [0.1, 0.15) is 18.1 Å². The summed E-state index contributed by atoms with van der Waals surface area (Å²) in [4.78, 5) is 12.1. The molecule has 4 rings (SSSR count). The number of nitrogens with one attached hydrogen (secondary N) is 1. The van der Waals surface area contributed by atoms with Gasteiger partial charge in [-0.1, -0.05) is 42.5 Å². The highest BCUT2D eigenvalue weighted by atomic mass is 16.5. The third kappa shape index (κ3) is 5.04. The highest BCUT2D eigenvalue weighted by Gasteiger charge is 2.11. The van der Waals surface area contributed by atoms with Gasteiger partial charge in [-0.3, -0.25) is 4.79 Å². The lowest BCUT2D eigenvalue weighted by molar-refractivity contribution is 0.0952. The van der Waals surface area contributed by atoms with Crippen molar-refractivity contribution in [2.75, 3.05) is 7.11 Å². The van der Waals surface area contributed by atoms with Crippen LogP contribution in [0.1, 0.15) is 21.5 Å². The molecule has 4 aromatic carbocycles. The minimum Gasteiger partial charge on any atom is -0.508 e. The first-order valence-electron chi connectivity index (χ1n) is 10.2. The van der Waals surface area contributed by atoms with Crippen molar-refractivity contribution in [2.45, 2.75) is 6.61 Å². The molecule has 0 spiro atoms. The first kappa shape index (κ1) is 21.7. The van der Waals surface area contributed by atoms with E-state index in [4.69, 9.17) is 9.47 Å². The van der Waals surface area contributed by atoms with Crippen molar-refractivity contribution in [3.8, 4) is 23.0 Å². The maximum Gasteiger partial charge on any atom is 0.275 e. The molecule has 7 heteroatoms. The van der Waals surface area contributed by atoms with E-state index in [2.05, 4.69) is 28.7 Å². The Morgan fingerprint density at radius 1 is 0.970 bits per heavy atom. The standard InChI is InChI=1S/C26H22N2O5/c1-32-25-13-17(15-27-28-26(31)22-11-10-20(29)14-23(22)30)9-12-24(25)33-16-19-7-4-6-18-5-2-3-8-21(18)19/h2-15,29-30H,16H2,1H3,(H,28,31)/b27-15-. The van der Waals surface area contributed by atoms with E-state index in [1.807, 2.05) is 24.3 Å². The SMILES string of the molecule is COc1cc(/C=N\NC(=O)c2ccc(O)cc2O)ccc1OCc1cccc2ccccc12. The lowest BCUT2D eigenvalue weighted by Crippen LogP contribution is -2.17. The van der Waals surface area contributed by atoms with E-state index in [0.29, 0.717) is 23.7 Å². The molecule has 1 amide bonds. The van der Waals surface area contributed by atoms with Gasteiger partial charge in [0.2, 0.25) is 0 Å². The highest BCUT2D eigenvalue weighted by molar-refractivity contribution is 5.97. The Balaban J connectivity index is 1.43. The molecule has 0 aliphatic carbocycles. The Morgan fingerprint density at radius 2 is 1.79 bits per heavy atom. The third-order valence-electron chi connectivity index (χ3n) is 5.06. The minimum absolute atomic E-state index is 0.000264. The van der Waals surface area contributed by atoms with Crippen LogP contribution in [-0.2, 0) is 6.61 Å². The number of aromatic hydroxyl groups is 2. The van der Waals surface area contributed by atoms with E-state index in [1.54, 1.807) is 25.3 Å². The molecule has 0 bridgehead atoms. The van der Waals surface area contributed by atoms with Gasteiger partial charge in [0.25, 0.3) is 5.91 Å². The zero-order valence-electron chi connectivity index (χ0n) is 17.9. The molecule has 0 saturated carbocycles. The number of rotatable bonds is 7. The Labute approximate surface area is 190 Å². The summed E-state index contributed by atoms with van der Waals surface area (Å²) in [5, 5.41) is 25.3. The first-order valence-corrected chi connectivity index (χ1v) is 10.2. The van der Waals surface area contributed by atoms with Crippen LogP contribution in [0.2, 0.25) is 0 Å². The summed E-state index contributed by atoms with van der Waals surface area (Å²) < 4.78 is 11.5. The topological polar surface area (TPSA) is 100 Å². The molecule has 4 aromatic rings. The van der Waals surface area contributed by atoms with Gasteiger partial charge in [-0.15, -0.1) is 0 Å². The Hall–Kier alpha value is -4.52. The maximum atomic E-state index is 12.1. The third-order valence-corrected chi connectivity index (χ3v) is 5.06. The number of phenols is 2. The number of carbonyl (C=O) groups excluding carboxylic acids is 1. The number of hydrazone groups is 1. The molecule has 0 heterocycles. The van der Waals surface area contributed by atoms with Crippen molar-refractivity contribution in [3.05, 3.63) is 95.6 Å². The van der Waals surface area contributed by atoms with Crippen LogP contribution in [0.3, 0.4) is 0 Å². The van der Waals surface area contributed by atoms with Crippen LogP contribution in [0, 0.1) is 0 Å². The molecule has 166 valence electrons. The molecule has 0 aliphatic rings. The number of amides is 1. The van der Waals surface area contributed by atoms with Gasteiger partial charge in [-0.25, -0.2) is 5.43 Å². The normalized spacial score (nSPS) is 10.9. The number of benzene rings is 4. The molecular formula is C26H22N2O5. The predicted molar refractivity (Wildman–Crippen MR) is 126 cm³/mol. The number of hydrogen-bond acceptors (Lipinski definition) is 6. The molecule has 0 aromatic heterocycles. The predicted octanol–water partition coefficient (Wildman–Crippen LogP) is 4.60. The average molecular weight is 442 g/mol. The summed E-state index contributed by atoms with van der Waals surface area (Å²) in [6.45, 7) is 0.386. The summed E-state index contributed by atoms with van der Waals surface area (Å²) in [5.74, 6) is 0.0348. The van der Waals surface area contributed by atoms with Crippen LogP contribution in [0.4, 0.5) is 0 Å². The van der Waals surface area contributed by atoms with Crippen molar-refractivity contribution in [2.24, 2.45) is 5.10 Å². The number of phenolic OH excluding ortho intramolecular Hbond substituents is 2. The van der Waals surface area contributed by atoms with Gasteiger partial charge in [0, 0.05) is 6.07 Å². The van der Waals surface area contributed by atoms with E-state index in [1.165, 1.54) is 18.3 Å². The molecule has 0 fully saturated rings. The quantitative estimate of drug-likeness (QED) is 0.287. The largest absolute Gasteiger partial charge is 0.508 e. The number of nitrogens with zero attached hydrogens (tertiary/aromatic N) is 1. The van der Waals surface area contributed by atoms with Crippen LogP contribution in [0.5, 0.6) is 23.0 Å². The van der Waals surface area contributed by atoms with Crippen molar-refractivity contribution in [3.63, 3.8) is 0 Å². The molecule has 0 unspecified atom stereocenters. The van der Waals surface area contributed by atoms with Gasteiger partial charge in [-0.2, -0.15) is 5.10 Å². The fraction of sp³-hybridized carbons (Fsp3) is 0.0769. The summed E-state index contributed by atoms with van der Waals surface area (Å²) >= 11 is 0. The first-order chi connectivity index (χ1) is 16.0.